The molecule has 1 aliphatic heterocycles. The van der Waals surface area contributed by atoms with Gasteiger partial charge in [0.1, 0.15) is 5.60 Å². The van der Waals surface area contributed by atoms with E-state index in [4.69, 9.17) is 0 Å². The Hall–Kier alpha value is -2.05. The SMILES string of the molecule is CC(O)(CNC(=O)Nc1ccccc1N1CCCC1)c1ccsc1. The van der Waals surface area contributed by atoms with Crippen molar-refractivity contribution in [3.05, 3.63) is 46.7 Å². The average molecular weight is 345 g/mol. The second-order valence-corrected chi connectivity index (χ2v) is 7.08. The maximum atomic E-state index is 12.2. The van der Waals surface area contributed by atoms with Gasteiger partial charge in [-0.3, -0.25) is 0 Å². The minimum Gasteiger partial charge on any atom is -0.384 e. The van der Waals surface area contributed by atoms with Gasteiger partial charge in [-0.1, -0.05) is 12.1 Å². The number of thiophene rings is 1. The van der Waals surface area contributed by atoms with Crippen LogP contribution in [0.3, 0.4) is 0 Å². The Bertz CT molecular complexity index is 679. The van der Waals surface area contributed by atoms with Crippen LogP contribution in [-0.4, -0.2) is 30.8 Å². The third-order valence-electron chi connectivity index (χ3n) is 4.34. The number of carbonyl (C=O) groups excluding carboxylic acids is 1. The first-order chi connectivity index (χ1) is 11.6. The van der Waals surface area contributed by atoms with Gasteiger partial charge in [0.15, 0.2) is 0 Å². The van der Waals surface area contributed by atoms with Crippen molar-refractivity contribution in [2.24, 2.45) is 0 Å². The average Bonchev–Trinajstić information content (AvgIpc) is 3.27. The molecule has 1 atom stereocenters. The zero-order valence-corrected chi connectivity index (χ0v) is 14.6. The van der Waals surface area contributed by atoms with Crippen LogP contribution in [0.5, 0.6) is 0 Å². The quantitative estimate of drug-likeness (QED) is 0.778. The van der Waals surface area contributed by atoms with Gasteiger partial charge in [-0.15, -0.1) is 0 Å². The molecule has 3 N–H and O–H groups in total. The maximum Gasteiger partial charge on any atom is 0.319 e. The molecule has 1 aromatic heterocycles. The summed E-state index contributed by atoms with van der Waals surface area (Å²) >= 11 is 1.53. The van der Waals surface area contributed by atoms with E-state index in [1.54, 1.807) is 6.92 Å². The number of anilines is 2. The largest absolute Gasteiger partial charge is 0.384 e. The minimum absolute atomic E-state index is 0.154. The molecule has 0 saturated carbocycles. The molecule has 1 fully saturated rings. The standard InChI is InChI=1S/C18H23N3O2S/c1-18(23,14-8-11-24-12-14)13-19-17(22)20-15-6-2-3-7-16(15)21-9-4-5-10-21/h2-3,6-8,11-12,23H,4-5,9-10,13H2,1H3,(H2,19,20,22). The molecule has 1 saturated heterocycles. The Kier molecular flexibility index (Phi) is 5.06. The number of nitrogens with one attached hydrogen (secondary N) is 2. The fraction of sp³-hybridized carbons (Fsp3) is 0.389. The molecule has 1 aromatic carbocycles. The molecule has 1 unspecified atom stereocenters. The number of urea groups is 1. The summed E-state index contributed by atoms with van der Waals surface area (Å²) in [5, 5.41) is 19.9. The molecule has 3 rings (SSSR count). The van der Waals surface area contributed by atoms with Gasteiger partial charge in [0, 0.05) is 13.1 Å². The van der Waals surface area contributed by atoms with Gasteiger partial charge >= 0.3 is 6.03 Å². The van der Waals surface area contributed by atoms with Gasteiger partial charge in [-0.25, -0.2) is 4.79 Å². The molecule has 1 aliphatic rings. The van der Waals surface area contributed by atoms with Crippen LogP contribution >= 0.6 is 11.3 Å². The minimum atomic E-state index is -1.08. The van der Waals surface area contributed by atoms with E-state index in [9.17, 15) is 9.90 Å². The molecule has 6 heteroatoms. The highest BCUT2D eigenvalue weighted by atomic mass is 32.1. The molecule has 0 spiro atoms. The Labute approximate surface area is 146 Å². The fourth-order valence-electron chi connectivity index (χ4n) is 2.91. The highest BCUT2D eigenvalue weighted by molar-refractivity contribution is 7.08. The summed E-state index contributed by atoms with van der Waals surface area (Å²) < 4.78 is 0. The van der Waals surface area contributed by atoms with Crippen molar-refractivity contribution in [1.82, 2.24) is 5.32 Å². The molecule has 2 amide bonds. The molecule has 2 aromatic rings. The summed E-state index contributed by atoms with van der Waals surface area (Å²) in [4.78, 5) is 14.5. The second-order valence-electron chi connectivity index (χ2n) is 6.30. The predicted molar refractivity (Wildman–Crippen MR) is 98.8 cm³/mol. The first-order valence-electron chi connectivity index (χ1n) is 8.20. The molecule has 0 bridgehead atoms. The second kappa shape index (κ2) is 7.23. The Balaban J connectivity index is 1.61. The number of rotatable bonds is 5. The van der Waals surface area contributed by atoms with Crippen LogP contribution in [0.15, 0.2) is 41.1 Å². The predicted octanol–water partition coefficient (Wildman–Crippen LogP) is 3.38. The van der Waals surface area contributed by atoms with Gasteiger partial charge in [0.25, 0.3) is 0 Å². The van der Waals surface area contributed by atoms with Crippen LogP contribution in [-0.2, 0) is 5.60 Å². The van der Waals surface area contributed by atoms with E-state index < -0.39 is 5.60 Å². The molecule has 5 nitrogen and oxygen atoms in total. The summed E-state index contributed by atoms with van der Waals surface area (Å²) in [5.74, 6) is 0. The maximum absolute atomic E-state index is 12.2. The first-order valence-corrected chi connectivity index (χ1v) is 9.14. The smallest absolute Gasteiger partial charge is 0.319 e. The number of benzene rings is 1. The van der Waals surface area contributed by atoms with E-state index in [0.717, 1.165) is 30.0 Å². The first kappa shape index (κ1) is 16.8. The third-order valence-corrected chi connectivity index (χ3v) is 5.02. The van der Waals surface area contributed by atoms with Crippen molar-refractivity contribution in [2.75, 3.05) is 29.9 Å². The van der Waals surface area contributed by atoms with Gasteiger partial charge in [0.05, 0.1) is 17.9 Å². The lowest BCUT2D eigenvalue weighted by Gasteiger charge is -2.24. The fourth-order valence-corrected chi connectivity index (χ4v) is 3.69. The monoisotopic (exact) mass is 345 g/mol. The van der Waals surface area contributed by atoms with Crippen molar-refractivity contribution in [3.8, 4) is 0 Å². The van der Waals surface area contributed by atoms with E-state index in [1.165, 1.54) is 24.2 Å². The molecule has 2 heterocycles. The van der Waals surface area contributed by atoms with Crippen molar-refractivity contribution in [1.29, 1.82) is 0 Å². The molecule has 0 radical (unpaired) electrons. The lowest BCUT2D eigenvalue weighted by molar-refractivity contribution is 0.0604. The van der Waals surface area contributed by atoms with Crippen LogP contribution < -0.4 is 15.5 Å². The molecule has 0 aliphatic carbocycles. The number of para-hydroxylation sites is 2. The van der Waals surface area contributed by atoms with Crippen molar-refractivity contribution in [3.63, 3.8) is 0 Å². The highest BCUT2D eigenvalue weighted by Crippen LogP contribution is 2.28. The van der Waals surface area contributed by atoms with Crippen LogP contribution in [0.25, 0.3) is 0 Å². The van der Waals surface area contributed by atoms with Crippen molar-refractivity contribution >= 4 is 28.7 Å². The summed E-state index contributed by atoms with van der Waals surface area (Å²) in [7, 11) is 0. The van der Waals surface area contributed by atoms with Crippen LogP contribution in [0, 0.1) is 0 Å². The molecule has 128 valence electrons. The summed E-state index contributed by atoms with van der Waals surface area (Å²) in [6.07, 6.45) is 2.37. The Morgan fingerprint density at radius 3 is 2.75 bits per heavy atom. The summed E-state index contributed by atoms with van der Waals surface area (Å²) in [6, 6.07) is 9.39. The van der Waals surface area contributed by atoms with Crippen molar-refractivity contribution in [2.45, 2.75) is 25.4 Å². The van der Waals surface area contributed by atoms with Gasteiger partial charge < -0.3 is 20.6 Å². The number of hydrogen-bond acceptors (Lipinski definition) is 4. The zero-order chi connectivity index (χ0) is 17.0. The van der Waals surface area contributed by atoms with E-state index in [2.05, 4.69) is 15.5 Å². The van der Waals surface area contributed by atoms with Crippen LogP contribution in [0.4, 0.5) is 16.2 Å². The summed E-state index contributed by atoms with van der Waals surface area (Å²) in [6.45, 7) is 3.90. The number of aliphatic hydroxyl groups is 1. The molecular formula is C18H23N3O2S. The van der Waals surface area contributed by atoms with Crippen LogP contribution in [0.1, 0.15) is 25.3 Å². The lowest BCUT2D eigenvalue weighted by Crippen LogP contribution is -2.40. The normalized spacial score (nSPS) is 16.7. The molecule has 24 heavy (non-hydrogen) atoms. The number of nitrogens with zero attached hydrogens (tertiary/aromatic N) is 1. The van der Waals surface area contributed by atoms with Crippen LogP contribution in [0.2, 0.25) is 0 Å². The highest BCUT2D eigenvalue weighted by Gasteiger charge is 2.24. The van der Waals surface area contributed by atoms with Crippen molar-refractivity contribution < 1.29 is 9.90 Å². The number of hydrogen-bond donors (Lipinski definition) is 3. The zero-order valence-electron chi connectivity index (χ0n) is 13.8. The number of amides is 2. The van der Waals surface area contributed by atoms with E-state index in [1.807, 2.05) is 41.1 Å². The topological polar surface area (TPSA) is 64.6 Å². The van der Waals surface area contributed by atoms with E-state index in [0.29, 0.717) is 0 Å². The van der Waals surface area contributed by atoms with Gasteiger partial charge in [-0.05, 0) is 54.3 Å². The third kappa shape index (κ3) is 3.88. The number of carbonyl (C=O) groups is 1. The van der Waals surface area contributed by atoms with Gasteiger partial charge in [0.2, 0.25) is 0 Å². The van der Waals surface area contributed by atoms with E-state index in [-0.39, 0.29) is 12.6 Å². The van der Waals surface area contributed by atoms with E-state index >= 15 is 0 Å². The Morgan fingerprint density at radius 1 is 1.29 bits per heavy atom. The molecular weight excluding hydrogens is 322 g/mol. The van der Waals surface area contributed by atoms with Gasteiger partial charge in [-0.2, -0.15) is 11.3 Å². The lowest BCUT2D eigenvalue weighted by atomic mass is 9.99. The summed E-state index contributed by atoms with van der Waals surface area (Å²) in [5.41, 5.74) is 1.58. The Morgan fingerprint density at radius 2 is 2.04 bits per heavy atom.